The third-order valence-electron chi connectivity index (χ3n) is 1.67. The van der Waals surface area contributed by atoms with Gasteiger partial charge in [0, 0.05) is 12.4 Å². The first kappa shape index (κ1) is 8.72. The Hall–Kier alpha value is -1.37. The number of nitrogens with zero attached hydrogens (tertiary/aromatic N) is 1. The molecule has 1 rings (SSSR count). The Kier molecular flexibility index (Phi) is 3.27. The van der Waals surface area contributed by atoms with Crippen molar-refractivity contribution in [3.63, 3.8) is 0 Å². The molecule has 1 heteroatoms. The molecule has 0 aliphatic heterocycles. The molecular formula is C11H13N. The van der Waals surface area contributed by atoms with Gasteiger partial charge in [0.25, 0.3) is 0 Å². The maximum absolute atomic E-state index is 4.08. The molecule has 0 bridgehead atoms. The maximum atomic E-state index is 4.08. The Balaban J connectivity index is 3.33. The van der Waals surface area contributed by atoms with Crippen LogP contribution in [-0.4, -0.2) is 6.21 Å². The van der Waals surface area contributed by atoms with E-state index < -0.39 is 0 Å². The largest absolute Gasteiger partial charge is 0.269 e. The van der Waals surface area contributed by atoms with Crippen molar-refractivity contribution >= 4 is 18.5 Å². The fraction of sp³-hybridized carbons (Fsp3) is 0.182. The summed E-state index contributed by atoms with van der Waals surface area (Å²) in [7, 11) is 0. The molecule has 1 aromatic carbocycles. The van der Waals surface area contributed by atoms with Crippen LogP contribution in [0.4, 0.5) is 0 Å². The summed E-state index contributed by atoms with van der Waals surface area (Å²) in [6, 6.07) is 8.19. The molecule has 0 aliphatic rings. The van der Waals surface area contributed by atoms with Crippen molar-refractivity contribution in [1.29, 1.82) is 0 Å². The van der Waals surface area contributed by atoms with E-state index in [4.69, 9.17) is 0 Å². The summed E-state index contributed by atoms with van der Waals surface area (Å²) in [5, 5.41) is 2.39. The standard InChI is InChI=1S/C11H13N/c1-3-10-7-5-6-8-11(10)9-12-4-2/h3-9H,1-2H3/b10-3-,11-9-,12-4?. The summed E-state index contributed by atoms with van der Waals surface area (Å²) >= 11 is 0. The normalized spacial score (nSPS) is 14.5. The number of benzene rings is 1. The van der Waals surface area contributed by atoms with Crippen LogP contribution in [0.1, 0.15) is 13.8 Å². The monoisotopic (exact) mass is 159 g/mol. The van der Waals surface area contributed by atoms with Crippen LogP contribution < -0.4 is 10.4 Å². The predicted molar refractivity (Wildman–Crippen MR) is 54.5 cm³/mol. The van der Waals surface area contributed by atoms with Crippen LogP contribution in [0.15, 0.2) is 29.3 Å². The minimum Gasteiger partial charge on any atom is -0.269 e. The van der Waals surface area contributed by atoms with Crippen LogP contribution >= 0.6 is 0 Å². The Labute approximate surface area is 72.8 Å². The second-order valence-electron chi connectivity index (χ2n) is 2.45. The van der Waals surface area contributed by atoms with Crippen LogP contribution in [0.2, 0.25) is 0 Å². The minimum absolute atomic E-state index is 1.16. The highest BCUT2D eigenvalue weighted by Crippen LogP contribution is 1.73. The van der Waals surface area contributed by atoms with Crippen LogP contribution in [0.3, 0.4) is 0 Å². The highest BCUT2D eigenvalue weighted by atomic mass is 14.6. The second kappa shape index (κ2) is 4.50. The van der Waals surface area contributed by atoms with E-state index in [1.54, 1.807) is 6.21 Å². The highest BCUT2D eigenvalue weighted by molar-refractivity contribution is 5.57. The third kappa shape index (κ3) is 2.06. The topological polar surface area (TPSA) is 12.4 Å². The van der Waals surface area contributed by atoms with Crippen molar-refractivity contribution in [2.24, 2.45) is 4.99 Å². The summed E-state index contributed by atoms with van der Waals surface area (Å²) < 4.78 is 0. The first-order chi connectivity index (χ1) is 5.88. The molecule has 0 saturated carbocycles. The highest BCUT2D eigenvalue weighted by Gasteiger charge is 1.79. The molecule has 0 saturated heterocycles. The first-order valence-corrected chi connectivity index (χ1v) is 4.08. The minimum atomic E-state index is 1.16. The molecule has 0 spiro atoms. The van der Waals surface area contributed by atoms with E-state index in [2.05, 4.69) is 23.2 Å². The average Bonchev–Trinajstić information content (AvgIpc) is 2.15. The summed E-state index contributed by atoms with van der Waals surface area (Å²) in [4.78, 5) is 4.08. The van der Waals surface area contributed by atoms with Gasteiger partial charge in [-0.15, -0.1) is 0 Å². The summed E-state index contributed by atoms with van der Waals surface area (Å²) in [6.07, 6.45) is 5.73. The number of hydrogen-bond acceptors (Lipinski definition) is 1. The van der Waals surface area contributed by atoms with Crippen LogP contribution in [0.25, 0.3) is 12.3 Å². The fourth-order valence-electron chi connectivity index (χ4n) is 1.05. The van der Waals surface area contributed by atoms with E-state index in [0.717, 1.165) is 5.22 Å². The molecule has 62 valence electrons. The smallest absolute Gasteiger partial charge is 0.0342 e. The maximum Gasteiger partial charge on any atom is 0.0342 e. The van der Waals surface area contributed by atoms with Crippen molar-refractivity contribution < 1.29 is 0 Å². The van der Waals surface area contributed by atoms with Gasteiger partial charge in [-0.3, -0.25) is 4.99 Å². The average molecular weight is 159 g/mol. The number of hydrogen-bond donors (Lipinski definition) is 0. The molecule has 0 aromatic heterocycles. The van der Waals surface area contributed by atoms with E-state index in [-0.39, 0.29) is 0 Å². The third-order valence-corrected chi connectivity index (χ3v) is 1.67. The second-order valence-corrected chi connectivity index (χ2v) is 2.45. The Morgan fingerprint density at radius 1 is 1.08 bits per heavy atom. The van der Waals surface area contributed by atoms with Crippen LogP contribution in [-0.2, 0) is 0 Å². The molecular weight excluding hydrogens is 146 g/mol. The van der Waals surface area contributed by atoms with Gasteiger partial charge in [-0.05, 0) is 24.3 Å². The van der Waals surface area contributed by atoms with E-state index in [0.29, 0.717) is 0 Å². The molecule has 0 N–H and O–H groups in total. The van der Waals surface area contributed by atoms with Gasteiger partial charge in [-0.25, -0.2) is 0 Å². The van der Waals surface area contributed by atoms with E-state index in [1.807, 2.05) is 32.2 Å². The lowest BCUT2D eigenvalue weighted by Crippen LogP contribution is -2.22. The molecule has 0 unspecified atom stereocenters. The van der Waals surface area contributed by atoms with Gasteiger partial charge in [0.15, 0.2) is 0 Å². The van der Waals surface area contributed by atoms with Crippen molar-refractivity contribution in [1.82, 2.24) is 0 Å². The van der Waals surface area contributed by atoms with E-state index in [9.17, 15) is 0 Å². The summed E-state index contributed by atoms with van der Waals surface area (Å²) in [5.74, 6) is 0. The van der Waals surface area contributed by atoms with Gasteiger partial charge in [0.1, 0.15) is 0 Å². The zero-order chi connectivity index (χ0) is 8.81. The SMILES string of the molecule is CC=N/C=c1/cccc/c1=C/C. The van der Waals surface area contributed by atoms with Gasteiger partial charge in [0.05, 0.1) is 0 Å². The lowest BCUT2D eigenvalue weighted by Gasteiger charge is -1.86. The Morgan fingerprint density at radius 3 is 2.33 bits per heavy atom. The molecule has 1 aromatic rings. The lowest BCUT2D eigenvalue weighted by atomic mass is 10.2. The predicted octanol–water partition coefficient (Wildman–Crippen LogP) is 1.32. The first-order valence-electron chi connectivity index (χ1n) is 4.08. The van der Waals surface area contributed by atoms with Crippen molar-refractivity contribution in [2.45, 2.75) is 13.8 Å². The molecule has 0 radical (unpaired) electrons. The zero-order valence-corrected chi connectivity index (χ0v) is 7.49. The molecule has 0 aliphatic carbocycles. The molecule has 0 heterocycles. The molecule has 0 atom stereocenters. The Bertz CT molecular complexity index is 374. The Morgan fingerprint density at radius 2 is 1.75 bits per heavy atom. The van der Waals surface area contributed by atoms with Gasteiger partial charge >= 0.3 is 0 Å². The van der Waals surface area contributed by atoms with E-state index >= 15 is 0 Å². The summed E-state index contributed by atoms with van der Waals surface area (Å²) in [5.41, 5.74) is 0. The van der Waals surface area contributed by atoms with Gasteiger partial charge in [-0.2, -0.15) is 0 Å². The van der Waals surface area contributed by atoms with Crippen molar-refractivity contribution in [2.75, 3.05) is 0 Å². The van der Waals surface area contributed by atoms with Crippen LogP contribution in [0, 0.1) is 0 Å². The number of rotatable bonds is 1. The summed E-state index contributed by atoms with van der Waals surface area (Å²) in [6.45, 7) is 3.94. The number of aliphatic imine (C=N–C) groups is 1. The molecule has 12 heavy (non-hydrogen) atoms. The zero-order valence-electron chi connectivity index (χ0n) is 7.49. The molecule has 0 fully saturated rings. The van der Waals surface area contributed by atoms with Crippen molar-refractivity contribution in [3.05, 3.63) is 34.7 Å². The van der Waals surface area contributed by atoms with E-state index in [1.165, 1.54) is 5.22 Å². The lowest BCUT2D eigenvalue weighted by molar-refractivity contribution is 1.48. The van der Waals surface area contributed by atoms with Gasteiger partial charge in [-0.1, -0.05) is 30.3 Å². The quantitative estimate of drug-likeness (QED) is 0.548. The van der Waals surface area contributed by atoms with Crippen LogP contribution in [0.5, 0.6) is 0 Å². The van der Waals surface area contributed by atoms with Crippen molar-refractivity contribution in [3.8, 4) is 0 Å². The molecule has 1 nitrogen and oxygen atoms in total. The van der Waals surface area contributed by atoms with Gasteiger partial charge in [0.2, 0.25) is 0 Å². The molecule has 0 amide bonds. The van der Waals surface area contributed by atoms with Gasteiger partial charge < -0.3 is 0 Å². The fourth-order valence-corrected chi connectivity index (χ4v) is 1.05.